The van der Waals surface area contributed by atoms with Gasteiger partial charge in [0.1, 0.15) is 0 Å². The second-order valence-corrected chi connectivity index (χ2v) is 5.55. The van der Waals surface area contributed by atoms with Gasteiger partial charge in [-0.1, -0.05) is 0 Å². The lowest BCUT2D eigenvalue weighted by Gasteiger charge is -2.26. The number of fused-ring (bicyclic) bond motifs is 2. The lowest BCUT2D eigenvalue weighted by Crippen LogP contribution is -2.40. The van der Waals surface area contributed by atoms with Crippen LogP contribution in [0.25, 0.3) is 0 Å². The Bertz CT molecular complexity index is 537. The van der Waals surface area contributed by atoms with E-state index in [2.05, 4.69) is 16.9 Å². The third-order valence-electron chi connectivity index (χ3n) is 4.51. The third kappa shape index (κ3) is 2.18. The van der Waals surface area contributed by atoms with Crippen molar-refractivity contribution in [3.63, 3.8) is 0 Å². The maximum Gasteiger partial charge on any atom is 0.257 e. The molecule has 0 aliphatic carbocycles. The lowest BCUT2D eigenvalue weighted by molar-refractivity contribution is 0.0734. The summed E-state index contributed by atoms with van der Waals surface area (Å²) in [5.74, 6) is -2.81. The minimum absolute atomic E-state index is 0.224. The molecular formula is C14H17F2N3O. The van der Waals surface area contributed by atoms with Gasteiger partial charge in [0.05, 0.1) is 5.56 Å². The van der Waals surface area contributed by atoms with Crippen molar-refractivity contribution in [3.8, 4) is 0 Å². The predicted molar refractivity (Wildman–Crippen MR) is 69.2 cm³/mol. The van der Waals surface area contributed by atoms with Crippen molar-refractivity contribution >= 4 is 5.91 Å². The topological polar surface area (TPSA) is 36.4 Å². The van der Waals surface area contributed by atoms with E-state index in [1.807, 2.05) is 0 Å². The Morgan fingerprint density at radius 3 is 2.85 bits per heavy atom. The van der Waals surface area contributed by atoms with Crippen LogP contribution in [-0.2, 0) is 0 Å². The second kappa shape index (κ2) is 5.09. The van der Waals surface area contributed by atoms with Gasteiger partial charge in [-0.2, -0.15) is 4.39 Å². The van der Waals surface area contributed by atoms with Crippen LogP contribution < -0.4 is 0 Å². The van der Waals surface area contributed by atoms with Crippen molar-refractivity contribution in [1.82, 2.24) is 14.8 Å². The van der Waals surface area contributed by atoms with Gasteiger partial charge in [0.15, 0.2) is 5.82 Å². The van der Waals surface area contributed by atoms with E-state index in [9.17, 15) is 13.6 Å². The van der Waals surface area contributed by atoms with E-state index in [4.69, 9.17) is 0 Å². The van der Waals surface area contributed by atoms with Gasteiger partial charge in [0.25, 0.3) is 5.91 Å². The molecule has 1 aromatic rings. The van der Waals surface area contributed by atoms with Crippen LogP contribution in [0.4, 0.5) is 8.78 Å². The summed E-state index contributed by atoms with van der Waals surface area (Å²) in [5.41, 5.74) is -0.224. The van der Waals surface area contributed by atoms with Gasteiger partial charge in [-0.05, 0) is 32.4 Å². The van der Waals surface area contributed by atoms with Gasteiger partial charge in [-0.15, -0.1) is 0 Å². The SMILES string of the molecule is CN1C2CCC1CN(C(=O)c1ccnc(F)c1F)CC2. The molecular weight excluding hydrogens is 264 g/mol. The number of pyridine rings is 1. The summed E-state index contributed by atoms with van der Waals surface area (Å²) >= 11 is 0. The smallest absolute Gasteiger partial charge is 0.257 e. The Balaban J connectivity index is 1.82. The summed E-state index contributed by atoms with van der Waals surface area (Å²) in [7, 11) is 2.07. The predicted octanol–water partition coefficient (Wildman–Crippen LogP) is 1.67. The summed E-state index contributed by atoms with van der Waals surface area (Å²) < 4.78 is 26.8. The molecule has 0 radical (unpaired) electrons. The van der Waals surface area contributed by atoms with Crippen molar-refractivity contribution in [2.24, 2.45) is 0 Å². The molecule has 2 atom stereocenters. The first kappa shape index (κ1) is 13.4. The minimum Gasteiger partial charge on any atom is -0.337 e. The summed E-state index contributed by atoms with van der Waals surface area (Å²) in [6, 6.07) is 2.06. The van der Waals surface area contributed by atoms with Crippen molar-refractivity contribution in [2.45, 2.75) is 31.3 Å². The molecule has 108 valence electrons. The van der Waals surface area contributed by atoms with Gasteiger partial charge in [0.2, 0.25) is 5.95 Å². The molecule has 2 unspecified atom stereocenters. The van der Waals surface area contributed by atoms with Crippen LogP contribution in [0, 0.1) is 11.8 Å². The van der Waals surface area contributed by atoms with Crippen molar-refractivity contribution < 1.29 is 13.6 Å². The Kier molecular flexibility index (Phi) is 3.41. The summed E-state index contributed by atoms with van der Waals surface area (Å²) in [6.07, 6.45) is 4.22. The fourth-order valence-electron chi connectivity index (χ4n) is 3.25. The molecule has 1 amide bonds. The van der Waals surface area contributed by atoms with Crippen LogP contribution in [0.15, 0.2) is 12.3 Å². The zero-order valence-electron chi connectivity index (χ0n) is 11.4. The maximum absolute atomic E-state index is 13.7. The van der Waals surface area contributed by atoms with Crippen molar-refractivity contribution in [1.29, 1.82) is 0 Å². The fourth-order valence-corrected chi connectivity index (χ4v) is 3.25. The van der Waals surface area contributed by atoms with Crippen LogP contribution in [0.1, 0.15) is 29.6 Å². The first-order valence-electron chi connectivity index (χ1n) is 6.89. The van der Waals surface area contributed by atoms with Gasteiger partial charge in [-0.3, -0.25) is 9.69 Å². The summed E-state index contributed by atoms with van der Waals surface area (Å²) in [5, 5.41) is 0. The number of likely N-dealkylation sites (tertiary alicyclic amines) is 1. The molecule has 0 N–H and O–H groups in total. The van der Waals surface area contributed by atoms with E-state index >= 15 is 0 Å². The molecule has 0 aromatic carbocycles. The standard InChI is InChI=1S/C14H17F2N3O/c1-18-9-2-3-10(18)8-19(7-5-9)14(20)11-4-6-17-13(16)12(11)15/h4,6,9-10H,2-3,5,7-8H2,1H3. The Hall–Kier alpha value is -1.56. The molecule has 2 fully saturated rings. The number of hydrogen-bond donors (Lipinski definition) is 0. The number of halogens is 2. The molecule has 2 saturated heterocycles. The number of carbonyl (C=O) groups excluding carboxylic acids is 1. The third-order valence-corrected chi connectivity index (χ3v) is 4.51. The average Bonchev–Trinajstić information content (AvgIpc) is 2.66. The first-order chi connectivity index (χ1) is 9.58. The quantitative estimate of drug-likeness (QED) is 0.735. The monoisotopic (exact) mass is 281 g/mol. The van der Waals surface area contributed by atoms with Crippen molar-refractivity contribution in [2.75, 3.05) is 20.1 Å². The number of likely N-dealkylation sites (N-methyl/N-ethyl adjacent to an activating group) is 1. The Morgan fingerprint density at radius 2 is 2.05 bits per heavy atom. The highest BCUT2D eigenvalue weighted by Gasteiger charge is 2.36. The zero-order valence-corrected chi connectivity index (χ0v) is 11.4. The second-order valence-electron chi connectivity index (χ2n) is 5.55. The Morgan fingerprint density at radius 1 is 1.30 bits per heavy atom. The van der Waals surface area contributed by atoms with E-state index in [-0.39, 0.29) is 5.56 Å². The Labute approximate surface area is 116 Å². The van der Waals surface area contributed by atoms with E-state index in [0.29, 0.717) is 25.2 Å². The highest BCUT2D eigenvalue weighted by molar-refractivity contribution is 5.94. The number of carbonyl (C=O) groups is 1. The zero-order chi connectivity index (χ0) is 14.3. The molecule has 1 aromatic heterocycles. The normalized spacial score (nSPS) is 26.6. The fraction of sp³-hybridized carbons (Fsp3) is 0.571. The van der Waals surface area contributed by atoms with E-state index < -0.39 is 17.7 Å². The number of rotatable bonds is 1. The van der Waals surface area contributed by atoms with E-state index in [0.717, 1.165) is 25.5 Å². The van der Waals surface area contributed by atoms with Crippen LogP contribution in [-0.4, -0.2) is 52.9 Å². The maximum atomic E-state index is 13.7. The number of hydrogen-bond acceptors (Lipinski definition) is 3. The van der Waals surface area contributed by atoms with Crippen LogP contribution in [0.3, 0.4) is 0 Å². The van der Waals surface area contributed by atoms with Gasteiger partial charge in [0, 0.05) is 31.4 Å². The highest BCUT2D eigenvalue weighted by Crippen LogP contribution is 2.29. The number of nitrogens with zero attached hydrogens (tertiary/aromatic N) is 3. The largest absolute Gasteiger partial charge is 0.337 e. The van der Waals surface area contributed by atoms with E-state index in [1.165, 1.54) is 6.07 Å². The lowest BCUT2D eigenvalue weighted by atomic mass is 10.1. The summed E-state index contributed by atoms with van der Waals surface area (Å²) in [4.78, 5) is 19.5. The van der Waals surface area contributed by atoms with Crippen LogP contribution >= 0.6 is 0 Å². The minimum atomic E-state index is -1.22. The van der Waals surface area contributed by atoms with Crippen LogP contribution in [0.5, 0.6) is 0 Å². The van der Waals surface area contributed by atoms with Gasteiger partial charge < -0.3 is 4.90 Å². The number of aromatic nitrogens is 1. The van der Waals surface area contributed by atoms with E-state index in [1.54, 1.807) is 4.90 Å². The molecule has 0 spiro atoms. The molecule has 2 bridgehead atoms. The molecule has 3 heterocycles. The molecule has 2 aliphatic rings. The summed E-state index contributed by atoms with van der Waals surface area (Å²) in [6.45, 7) is 1.17. The molecule has 3 rings (SSSR count). The first-order valence-corrected chi connectivity index (χ1v) is 6.89. The van der Waals surface area contributed by atoms with Crippen molar-refractivity contribution in [3.05, 3.63) is 29.6 Å². The molecule has 4 nitrogen and oxygen atoms in total. The molecule has 0 saturated carbocycles. The van der Waals surface area contributed by atoms with Gasteiger partial charge >= 0.3 is 0 Å². The van der Waals surface area contributed by atoms with Crippen LogP contribution in [0.2, 0.25) is 0 Å². The molecule has 20 heavy (non-hydrogen) atoms. The highest BCUT2D eigenvalue weighted by atomic mass is 19.2. The van der Waals surface area contributed by atoms with Gasteiger partial charge in [-0.25, -0.2) is 9.37 Å². The molecule has 2 aliphatic heterocycles. The number of amides is 1. The average molecular weight is 281 g/mol. The molecule has 6 heteroatoms.